The van der Waals surface area contributed by atoms with Crippen LogP contribution in [0.25, 0.3) is 5.76 Å². The summed E-state index contributed by atoms with van der Waals surface area (Å²) in [5, 5.41) is 23.3. The molecule has 0 aliphatic carbocycles. The molecule has 1 atom stereocenters. The topological polar surface area (TPSA) is 90.3 Å². The highest BCUT2D eigenvalue weighted by Crippen LogP contribution is 2.42. The van der Waals surface area contributed by atoms with E-state index >= 15 is 0 Å². The second-order valence-corrected chi connectivity index (χ2v) is 8.89. The number of nitrogens with zero attached hydrogens (tertiary/aromatic N) is 2. The van der Waals surface area contributed by atoms with Gasteiger partial charge in [-0.15, -0.1) is 11.3 Å². The van der Waals surface area contributed by atoms with E-state index in [1.54, 1.807) is 0 Å². The van der Waals surface area contributed by atoms with Gasteiger partial charge in [0.15, 0.2) is 0 Å². The molecule has 2 N–H and O–H groups in total. The van der Waals surface area contributed by atoms with Crippen molar-refractivity contribution in [3.8, 4) is 5.75 Å². The van der Waals surface area contributed by atoms with Crippen LogP contribution in [0.3, 0.4) is 0 Å². The van der Waals surface area contributed by atoms with Crippen LogP contribution in [0.1, 0.15) is 22.9 Å². The Labute approximate surface area is 189 Å². The summed E-state index contributed by atoms with van der Waals surface area (Å²) in [6.45, 7) is 4.26. The molecule has 2 aliphatic rings. The molecule has 1 aromatic heterocycles. The second kappa shape index (κ2) is 9.40. The van der Waals surface area contributed by atoms with E-state index < -0.39 is 23.5 Å². The molecule has 1 aromatic carbocycles. The maximum atomic E-state index is 13.0. The number of carbonyl (C=O) groups is 2. The zero-order valence-electron chi connectivity index (χ0n) is 16.8. The van der Waals surface area contributed by atoms with E-state index in [2.05, 4.69) is 4.90 Å². The van der Waals surface area contributed by atoms with Crippen molar-refractivity contribution in [2.24, 2.45) is 0 Å². The van der Waals surface area contributed by atoms with Gasteiger partial charge in [-0.1, -0.05) is 17.7 Å². The van der Waals surface area contributed by atoms with E-state index in [1.165, 1.54) is 34.4 Å². The van der Waals surface area contributed by atoms with Gasteiger partial charge in [-0.2, -0.15) is 0 Å². The number of thiophene rings is 1. The Bertz CT molecular complexity index is 1000. The number of Topliss-reactive ketones (excluding diaryl/α,β-unsaturated/α-hetero) is 1. The van der Waals surface area contributed by atoms with E-state index in [-0.39, 0.29) is 16.9 Å². The molecule has 2 saturated heterocycles. The lowest BCUT2D eigenvalue weighted by Crippen LogP contribution is -2.38. The predicted octanol–water partition coefficient (Wildman–Crippen LogP) is 3.25. The first-order valence-electron chi connectivity index (χ1n) is 10.1. The van der Waals surface area contributed by atoms with Crippen LogP contribution in [-0.2, 0) is 14.3 Å². The van der Waals surface area contributed by atoms with E-state index in [1.807, 2.05) is 17.5 Å². The third-order valence-corrected chi connectivity index (χ3v) is 6.70. The first-order chi connectivity index (χ1) is 15.0. The Hall–Kier alpha value is -2.39. The number of phenolic OH excluding ortho intramolecular Hbond substituents is 1. The fraction of sp³-hybridized carbons (Fsp3) is 0.364. The molecule has 7 nitrogen and oxygen atoms in total. The lowest BCUT2D eigenvalue weighted by atomic mass is 9.99. The third kappa shape index (κ3) is 4.48. The largest absolute Gasteiger partial charge is 0.507 e. The Morgan fingerprint density at radius 3 is 2.68 bits per heavy atom. The van der Waals surface area contributed by atoms with E-state index in [9.17, 15) is 19.8 Å². The normalized spacial score (nSPS) is 21.7. The van der Waals surface area contributed by atoms with Gasteiger partial charge in [-0.05, 0) is 36.1 Å². The molecule has 31 heavy (non-hydrogen) atoms. The van der Waals surface area contributed by atoms with Crippen molar-refractivity contribution < 1.29 is 24.5 Å². The summed E-state index contributed by atoms with van der Waals surface area (Å²) in [5.41, 5.74) is -0.00300. The predicted molar refractivity (Wildman–Crippen MR) is 118 cm³/mol. The highest BCUT2D eigenvalue weighted by Gasteiger charge is 2.46. The number of carbonyl (C=O) groups excluding carboxylic acids is 2. The summed E-state index contributed by atoms with van der Waals surface area (Å²) < 4.78 is 5.36. The molecule has 0 radical (unpaired) electrons. The standard InChI is InChI=1S/C22H23ClN2O5S/c23-14-4-5-16(26)15(13-14)20(27)18-19(17-3-1-12-31-17)25(22(29)21(18)28)7-2-6-24-8-10-30-11-9-24/h1,3-5,12-13,19,26-27H,2,6-11H2/b20-18+. The molecule has 4 rings (SSSR count). The first kappa shape index (κ1) is 21.8. The number of likely N-dealkylation sites (tertiary alicyclic amines) is 1. The molecule has 0 spiro atoms. The number of halogens is 1. The Morgan fingerprint density at radius 1 is 1.19 bits per heavy atom. The minimum Gasteiger partial charge on any atom is -0.507 e. The minimum atomic E-state index is -0.762. The number of ketones is 1. The van der Waals surface area contributed by atoms with Crippen LogP contribution in [0, 0.1) is 0 Å². The van der Waals surface area contributed by atoms with Crippen LogP contribution in [0.2, 0.25) is 5.02 Å². The highest BCUT2D eigenvalue weighted by atomic mass is 35.5. The molecule has 0 bridgehead atoms. The zero-order chi connectivity index (χ0) is 22.0. The fourth-order valence-corrected chi connectivity index (χ4v) is 5.00. The molecular weight excluding hydrogens is 440 g/mol. The Balaban J connectivity index is 1.65. The van der Waals surface area contributed by atoms with Crippen LogP contribution in [0.15, 0.2) is 41.3 Å². The van der Waals surface area contributed by atoms with Crippen molar-refractivity contribution in [3.63, 3.8) is 0 Å². The number of hydrogen-bond donors (Lipinski definition) is 2. The van der Waals surface area contributed by atoms with Gasteiger partial charge in [0.1, 0.15) is 11.5 Å². The Kier molecular flexibility index (Phi) is 6.62. The van der Waals surface area contributed by atoms with Gasteiger partial charge in [0, 0.05) is 36.1 Å². The average Bonchev–Trinajstić information content (AvgIpc) is 3.38. The second-order valence-electron chi connectivity index (χ2n) is 7.48. The number of ether oxygens (including phenoxy) is 1. The Morgan fingerprint density at radius 2 is 1.97 bits per heavy atom. The van der Waals surface area contributed by atoms with Crippen LogP contribution in [-0.4, -0.2) is 71.1 Å². The van der Waals surface area contributed by atoms with Crippen molar-refractivity contribution in [2.75, 3.05) is 39.4 Å². The minimum absolute atomic E-state index is 0.0281. The number of aliphatic hydroxyl groups is 1. The molecule has 2 fully saturated rings. The van der Waals surface area contributed by atoms with Gasteiger partial charge in [0.05, 0.1) is 30.4 Å². The quantitative estimate of drug-likeness (QED) is 0.389. The number of amides is 1. The van der Waals surface area contributed by atoms with Gasteiger partial charge in [-0.3, -0.25) is 14.5 Å². The number of benzene rings is 1. The smallest absolute Gasteiger partial charge is 0.295 e. The third-order valence-electron chi connectivity index (χ3n) is 5.54. The molecular formula is C22H23ClN2O5S. The summed E-state index contributed by atoms with van der Waals surface area (Å²) in [6.07, 6.45) is 0.692. The number of aliphatic hydroxyl groups excluding tert-OH is 1. The monoisotopic (exact) mass is 462 g/mol. The van der Waals surface area contributed by atoms with Crippen LogP contribution in [0.4, 0.5) is 0 Å². The van der Waals surface area contributed by atoms with Crippen LogP contribution >= 0.6 is 22.9 Å². The molecule has 9 heteroatoms. The molecule has 3 heterocycles. The van der Waals surface area contributed by atoms with Gasteiger partial charge in [-0.25, -0.2) is 0 Å². The van der Waals surface area contributed by atoms with E-state index in [0.29, 0.717) is 31.2 Å². The summed E-state index contributed by atoms with van der Waals surface area (Å²) in [4.78, 5) is 30.4. The molecule has 1 unspecified atom stereocenters. The summed E-state index contributed by atoms with van der Waals surface area (Å²) in [6, 6.07) is 7.17. The van der Waals surface area contributed by atoms with Crippen LogP contribution in [0.5, 0.6) is 5.75 Å². The van der Waals surface area contributed by atoms with Crippen molar-refractivity contribution in [2.45, 2.75) is 12.5 Å². The number of hydrogen-bond acceptors (Lipinski definition) is 7. The van der Waals surface area contributed by atoms with Crippen molar-refractivity contribution >= 4 is 40.4 Å². The summed E-state index contributed by atoms with van der Waals surface area (Å²) >= 11 is 7.43. The van der Waals surface area contributed by atoms with Crippen LogP contribution < -0.4 is 0 Å². The van der Waals surface area contributed by atoms with Gasteiger partial charge in [0.25, 0.3) is 11.7 Å². The molecule has 2 aromatic rings. The van der Waals surface area contributed by atoms with E-state index in [4.69, 9.17) is 16.3 Å². The maximum absolute atomic E-state index is 13.0. The SMILES string of the molecule is O=C1C(=O)N(CCCN2CCOCC2)C(c2cccs2)/C1=C(\O)c1cc(Cl)ccc1O. The zero-order valence-corrected chi connectivity index (χ0v) is 18.4. The van der Waals surface area contributed by atoms with Crippen molar-refractivity contribution in [1.82, 2.24) is 9.80 Å². The van der Waals surface area contributed by atoms with E-state index in [0.717, 1.165) is 24.5 Å². The van der Waals surface area contributed by atoms with Crippen molar-refractivity contribution in [3.05, 3.63) is 56.7 Å². The number of aromatic hydroxyl groups is 1. The molecule has 164 valence electrons. The molecule has 2 aliphatic heterocycles. The van der Waals surface area contributed by atoms with Gasteiger partial charge in [0.2, 0.25) is 0 Å². The summed E-state index contributed by atoms with van der Waals surface area (Å²) in [5.74, 6) is -2.05. The lowest BCUT2D eigenvalue weighted by Gasteiger charge is -2.28. The van der Waals surface area contributed by atoms with Gasteiger partial charge >= 0.3 is 0 Å². The number of phenols is 1. The van der Waals surface area contributed by atoms with Gasteiger partial charge < -0.3 is 19.8 Å². The average molecular weight is 463 g/mol. The van der Waals surface area contributed by atoms with Crippen molar-refractivity contribution in [1.29, 1.82) is 0 Å². The lowest BCUT2D eigenvalue weighted by molar-refractivity contribution is -0.140. The highest BCUT2D eigenvalue weighted by molar-refractivity contribution is 7.10. The molecule has 0 saturated carbocycles. The fourth-order valence-electron chi connectivity index (χ4n) is 3.99. The first-order valence-corrected chi connectivity index (χ1v) is 11.3. The number of morpholine rings is 1. The maximum Gasteiger partial charge on any atom is 0.295 e. The molecule has 1 amide bonds. The number of rotatable bonds is 6. The summed E-state index contributed by atoms with van der Waals surface area (Å²) in [7, 11) is 0.